The smallest absolute Gasteiger partial charge is 0.0591 e. The summed E-state index contributed by atoms with van der Waals surface area (Å²) in [5.41, 5.74) is 0. The van der Waals surface area contributed by atoms with E-state index in [-0.39, 0.29) is 0 Å². The van der Waals surface area contributed by atoms with Crippen molar-refractivity contribution in [3.63, 3.8) is 0 Å². The minimum atomic E-state index is 0.471. The van der Waals surface area contributed by atoms with Gasteiger partial charge in [0.2, 0.25) is 0 Å². The van der Waals surface area contributed by atoms with Gasteiger partial charge in [0.25, 0.3) is 0 Å². The zero-order valence-corrected chi connectivity index (χ0v) is 13.3. The quantitative estimate of drug-likeness (QED) is 0.700. The molecule has 0 radical (unpaired) electrons. The van der Waals surface area contributed by atoms with Crippen LogP contribution in [0.25, 0.3) is 0 Å². The van der Waals surface area contributed by atoms with E-state index in [1.54, 1.807) is 0 Å². The zero-order chi connectivity index (χ0) is 11.4. The van der Waals surface area contributed by atoms with Crippen LogP contribution in [0.1, 0.15) is 13.3 Å². The number of thioether (sulfide) groups is 3. The summed E-state index contributed by atoms with van der Waals surface area (Å²) in [4.78, 5) is 1.37. The molecule has 0 aliphatic carbocycles. The third kappa shape index (κ3) is 3.90. The molecule has 1 saturated heterocycles. The minimum absolute atomic E-state index is 0.471. The predicted octanol–water partition coefficient (Wildman–Crippen LogP) is 5.13. The molecule has 0 bridgehead atoms. The van der Waals surface area contributed by atoms with Gasteiger partial charge in [-0.25, -0.2) is 0 Å². The highest BCUT2D eigenvalue weighted by Gasteiger charge is 2.29. The minimum Gasteiger partial charge on any atom is -0.144 e. The fraction of sp³-hybridized carbons (Fsp3) is 0.500. The SMILES string of the molecule is CC1(CCSc2cccc(Br)c2)SCCS1. The Morgan fingerprint density at radius 3 is 2.81 bits per heavy atom. The van der Waals surface area contributed by atoms with Gasteiger partial charge in [-0.3, -0.25) is 0 Å². The molecule has 0 unspecified atom stereocenters. The summed E-state index contributed by atoms with van der Waals surface area (Å²) in [7, 11) is 0. The lowest BCUT2D eigenvalue weighted by molar-refractivity contribution is 0.864. The fourth-order valence-electron chi connectivity index (χ4n) is 1.61. The van der Waals surface area contributed by atoms with Crippen LogP contribution < -0.4 is 0 Å². The van der Waals surface area contributed by atoms with Crippen molar-refractivity contribution in [2.24, 2.45) is 0 Å². The molecule has 0 N–H and O–H groups in total. The molecule has 1 heterocycles. The van der Waals surface area contributed by atoms with E-state index in [1.807, 2.05) is 11.8 Å². The third-order valence-electron chi connectivity index (χ3n) is 2.52. The van der Waals surface area contributed by atoms with Gasteiger partial charge in [-0.15, -0.1) is 35.3 Å². The van der Waals surface area contributed by atoms with Crippen LogP contribution in [0.15, 0.2) is 33.6 Å². The van der Waals surface area contributed by atoms with Crippen LogP contribution in [0.2, 0.25) is 0 Å². The standard InChI is InChI=1S/C12H15BrS3/c1-12(15-7-8-16-12)5-6-14-11-4-2-3-10(13)9-11/h2-4,9H,5-8H2,1H3. The molecular weight excluding hydrogens is 320 g/mol. The predicted molar refractivity (Wildman–Crippen MR) is 82.8 cm³/mol. The van der Waals surface area contributed by atoms with Crippen molar-refractivity contribution >= 4 is 51.2 Å². The van der Waals surface area contributed by atoms with Crippen LogP contribution in [0.5, 0.6) is 0 Å². The van der Waals surface area contributed by atoms with Gasteiger partial charge in [0.1, 0.15) is 0 Å². The lowest BCUT2D eigenvalue weighted by Gasteiger charge is -2.21. The highest BCUT2D eigenvalue weighted by Crippen LogP contribution is 2.46. The number of rotatable bonds is 4. The van der Waals surface area contributed by atoms with Gasteiger partial charge < -0.3 is 0 Å². The average molecular weight is 335 g/mol. The van der Waals surface area contributed by atoms with Crippen LogP contribution in [-0.2, 0) is 0 Å². The molecule has 2 rings (SSSR count). The summed E-state index contributed by atoms with van der Waals surface area (Å²) in [6, 6.07) is 8.57. The zero-order valence-electron chi connectivity index (χ0n) is 9.24. The first-order valence-corrected chi connectivity index (χ1v) is 9.09. The van der Waals surface area contributed by atoms with Crippen molar-refractivity contribution in [3.8, 4) is 0 Å². The molecule has 0 nitrogen and oxygen atoms in total. The van der Waals surface area contributed by atoms with Gasteiger partial charge in [-0.1, -0.05) is 22.0 Å². The lowest BCUT2D eigenvalue weighted by Crippen LogP contribution is -2.11. The Kier molecular flexibility index (Phi) is 5.01. The van der Waals surface area contributed by atoms with Gasteiger partial charge in [0.15, 0.2) is 0 Å². The molecule has 0 aromatic heterocycles. The van der Waals surface area contributed by atoms with Gasteiger partial charge in [-0.05, 0) is 31.5 Å². The van der Waals surface area contributed by atoms with Crippen LogP contribution in [0.4, 0.5) is 0 Å². The maximum atomic E-state index is 3.51. The second kappa shape index (κ2) is 6.07. The first-order chi connectivity index (χ1) is 7.68. The molecular formula is C12H15BrS3. The van der Waals surface area contributed by atoms with E-state index in [0.717, 1.165) is 0 Å². The molecule has 0 atom stereocenters. The van der Waals surface area contributed by atoms with Crippen molar-refractivity contribution in [1.82, 2.24) is 0 Å². The average Bonchev–Trinajstić information content (AvgIpc) is 2.65. The van der Waals surface area contributed by atoms with Crippen molar-refractivity contribution in [3.05, 3.63) is 28.7 Å². The molecule has 0 saturated carbocycles. The Morgan fingerprint density at radius 1 is 1.38 bits per heavy atom. The third-order valence-corrected chi connectivity index (χ3v) is 7.42. The highest BCUT2D eigenvalue weighted by atomic mass is 79.9. The Morgan fingerprint density at radius 2 is 2.12 bits per heavy atom. The van der Waals surface area contributed by atoms with Gasteiger partial charge in [-0.2, -0.15) is 0 Å². The molecule has 1 aliphatic rings. The van der Waals surface area contributed by atoms with Gasteiger partial charge in [0, 0.05) is 26.6 Å². The highest BCUT2D eigenvalue weighted by molar-refractivity contribution is 9.10. The van der Waals surface area contributed by atoms with E-state index >= 15 is 0 Å². The van der Waals surface area contributed by atoms with Crippen molar-refractivity contribution in [1.29, 1.82) is 0 Å². The van der Waals surface area contributed by atoms with Crippen LogP contribution >= 0.6 is 51.2 Å². The van der Waals surface area contributed by atoms with E-state index in [4.69, 9.17) is 0 Å². The summed E-state index contributed by atoms with van der Waals surface area (Å²) >= 11 is 9.72. The summed E-state index contributed by atoms with van der Waals surface area (Å²) in [5.74, 6) is 3.86. The normalized spacial score (nSPS) is 18.9. The second-order valence-electron chi connectivity index (χ2n) is 3.89. The summed E-state index contributed by atoms with van der Waals surface area (Å²) in [5, 5.41) is 0. The van der Waals surface area contributed by atoms with Crippen LogP contribution in [0, 0.1) is 0 Å². The van der Waals surface area contributed by atoms with Crippen molar-refractivity contribution in [2.45, 2.75) is 22.3 Å². The van der Waals surface area contributed by atoms with E-state index in [1.165, 1.54) is 33.0 Å². The molecule has 4 heteroatoms. The summed E-state index contributed by atoms with van der Waals surface area (Å²) in [6.45, 7) is 2.39. The molecule has 88 valence electrons. The molecule has 1 aromatic carbocycles. The monoisotopic (exact) mass is 334 g/mol. The summed E-state index contributed by atoms with van der Waals surface area (Å²) in [6.07, 6.45) is 1.29. The van der Waals surface area contributed by atoms with Crippen molar-refractivity contribution < 1.29 is 0 Å². The van der Waals surface area contributed by atoms with E-state index in [2.05, 4.69) is 70.6 Å². The summed E-state index contributed by atoms with van der Waals surface area (Å²) < 4.78 is 1.65. The number of halogens is 1. The Bertz CT molecular complexity index is 348. The molecule has 1 aliphatic heterocycles. The topological polar surface area (TPSA) is 0 Å². The maximum absolute atomic E-state index is 3.51. The second-order valence-corrected chi connectivity index (χ2v) is 9.42. The van der Waals surface area contributed by atoms with E-state index in [0.29, 0.717) is 4.08 Å². The fourth-order valence-corrected chi connectivity index (χ4v) is 6.41. The van der Waals surface area contributed by atoms with Gasteiger partial charge in [0.05, 0.1) is 4.08 Å². The van der Waals surface area contributed by atoms with E-state index < -0.39 is 0 Å². The molecule has 1 aromatic rings. The number of hydrogen-bond acceptors (Lipinski definition) is 3. The first-order valence-electron chi connectivity index (χ1n) is 5.34. The largest absolute Gasteiger partial charge is 0.144 e. The lowest BCUT2D eigenvalue weighted by atomic mass is 10.3. The van der Waals surface area contributed by atoms with Crippen molar-refractivity contribution in [2.75, 3.05) is 17.3 Å². The first kappa shape index (κ1) is 13.2. The molecule has 16 heavy (non-hydrogen) atoms. The molecule has 0 spiro atoms. The molecule has 0 amide bonds. The van der Waals surface area contributed by atoms with Crippen LogP contribution in [0.3, 0.4) is 0 Å². The number of hydrogen-bond donors (Lipinski definition) is 0. The van der Waals surface area contributed by atoms with Gasteiger partial charge >= 0.3 is 0 Å². The Hall–Kier alpha value is 0.750. The Balaban J connectivity index is 1.79. The maximum Gasteiger partial charge on any atom is 0.0591 e. The molecule has 1 fully saturated rings. The number of benzene rings is 1. The van der Waals surface area contributed by atoms with Crippen LogP contribution in [-0.4, -0.2) is 21.3 Å². The Labute approximate surface area is 119 Å². The van der Waals surface area contributed by atoms with E-state index in [9.17, 15) is 0 Å².